The Kier molecular flexibility index (Phi) is 6.15. The first-order valence-electron chi connectivity index (χ1n) is 11.6. The van der Waals surface area contributed by atoms with Crippen molar-refractivity contribution in [1.29, 1.82) is 0 Å². The molecule has 0 fully saturated rings. The quantitative estimate of drug-likeness (QED) is 0.370. The number of carbonyl (C=O) groups is 1. The summed E-state index contributed by atoms with van der Waals surface area (Å²) in [6.45, 7) is 11.1. The van der Waals surface area contributed by atoms with Crippen LogP contribution in [0.1, 0.15) is 90.1 Å². The minimum absolute atomic E-state index is 0.0799. The molecule has 34 heavy (non-hydrogen) atoms. The molecule has 0 amide bonds. The molecule has 2 aromatic carbocycles. The van der Waals surface area contributed by atoms with Crippen molar-refractivity contribution >= 4 is 18.1 Å². The lowest BCUT2D eigenvalue weighted by Crippen LogP contribution is -2.34. The molecule has 1 aliphatic carbocycles. The number of carboxylic acids is 1. The van der Waals surface area contributed by atoms with Crippen molar-refractivity contribution in [3.8, 4) is 11.8 Å². The van der Waals surface area contributed by atoms with Gasteiger partial charge in [-0.2, -0.15) is 0 Å². The van der Waals surface area contributed by atoms with Crippen LogP contribution in [0.4, 0.5) is 0 Å². The van der Waals surface area contributed by atoms with E-state index >= 15 is 0 Å². The van der Waals surface area contributed by atoms with E-state index in [4.69, 9.17) is 0 Å². The van der Waals surface area contributed by atoms with Crippen LogP contribution in [0.3, 0.4) is 0 Å². The highest BCUT2D eigenvalue weighted by Gasteiger charge is 2.37. The number of hydrogen-bond donors (Lipinski definition) is 1. The molecule has 0 saturated carbocycles. The molecule has 0 aliphatic heterocycles. The highest BCUT2D eigenvalue weighted by atomic mass is 16.4. The minimum Gasteiger partial charge on any atom is -0.478 e. The molecule has 0 atom stereocenters. The van der Waals surface area contributed by atoms with Gasteiger partial charge in [-0.05, 0) is 88.6 Å². The molecule has 172 valence electrons. The fourth-order valence-corrected chi connectivity index (χ4v) is 4.58. The van der Waals surface area contributed by atoms with Crippen molar-refractivity contribution in [3.63, 3.8) is 0 Å². The Bertz CT molecular complexity index is 1340. The third-order valence-electron chi connectivity index (χ3n) is 6.83. The summed E-state index contributed by atoms with van der Waals surface area (Å²) in [6, 6.07) is 11.7. The molecule has 0 radical (unpaired) electrons. The number of aromatic carboxylic acids is 1. The maximum atomic E-state index is 11.4. The van der Waals surface area contributed by atoms with Gasteiger partial charge in [0.2, 0.25) is 5.82 Å². The van der Waals surface area contributed by atoms with Gasteiger partial charge in [0.05, 0.1) is 5.56 Å². The molecule has 4 nitrogen and oxygen atoms in total. The second-order valence-corrected chi connectivity index (χ2v) is 10.3. The second kappa shape index (κ2) is 8.91. The van der Waals surface area contributed by atoms with Gasteiger partial charge in [0.15, 0.2) is 0 Å². The average Bonchev–Trinajstić information content (AvgIpc) is 2.80. The van der Waals surface area contributed by atoms with Crippen molar-refractivity contribution in [2.45, 2.75) is 58.3 Å². The van der Waals surface area contributed by atoms with Crippen molar-refractivity contribution in [3.05, 3.63) is 93.6 Å². The highest BCUT2D eigenvalue weighted by molar-refractivity contribution is 5.90. The third kappa shape index (κ3) is 4.79. The van der Waals surface area contributed by atoms with Gasteiger partial charge in [0, 0.05) is 18.0 Å². The maximum absolute atomic E-state index is 11.4. The molecule has 0 saturated heterocycles. The summed E-state index contributed by atoms with van der Waals surface area (Å²) < 4.78 is 0. The molecule has 3 aromatic rings. The number of rotatable bonds is 3. The summed E-state index contributed by atoms with van der Waals surface area (Å²) in [5, 5.41) is 9.31. The molecule has 1 aromatic heterocycles. The molecule has 4 heteroatoms. The van der Waals surface area contributed by atoms with Crippen LogP contribution in [0.5, 0.6) is 0 Å². The van der Waals surface area contributed by atoms with Gasteiger partial charge < -0.3 is 5.11 Å². The van der Waals surface area contributed by atoms with Crippen molar-refractivity contribution in [2.24, 2.45) is 0 Å². The number of fused-ring (bicyclic) bond motifs is 1. The lowest BCUT2D eigenvalue weighted by molar-refractivity contribution is 0.0696. The predicted molar refractivity (Wildman–Crippen MR) is 137 cm³/mol. The Morgan fingerprint density at radius 1 is 0.941 bits per heavy atom. The monoisotopic (exact) mass is 450 g/mol. The van der Waals surface area contributed by atoms with Crippen molar-refractivity contribution < 1.29 is 9.90 Å². The van der Waals surface area contributed by atoms with E-state index in [-0.39, 0.29) is 10.8 Å². The maximum Gasteiger partial charge on any atom is 0.335 e. The number of aromatic nitrogens is 2. The van der Waals surface area contributed by atoms with Gasteiger partial charge in [-0.25, -0.2) is 14.8 Å². The van der Waals surface area contributed by atoms with E-state index in [0.717, 1.165) is 35.1 Å². The Labute approximate surface area is 201 Å². The van der Waals surface area contributed by atoms with Gasteiger partial charge >= 0.3 is 5.97 Å². The molecule has 0 spiro atoms. The zero-order valence-electron chi connectivity index (χ0n) is 20.4. The zero-order chi connectivity index (χ0) is 24.5. The Morgan fingerprint density at radius 2 is 1.59 bits per heavy atom. The molecule has 4 rings (SSSR count). The summed E-state index contributed by atoms with van der Waals surface area (Å²) in [5.41, 5.74) is 6.86. The van der Waals surface area contributed by atoms with E-state index in [2.05, 4.69) is 67.7 Å². The van der Waals surface area contributed by atoms with E-state index < -0.39 is 5.97 Å². The lowest BCUT2D eigenvalue weighted by atomic mass is 9.62. The molecular formula is C30H30N2O2. The van der Waals surface area contributed by atoms with Crippen molar-refractivity contribution in [2.75, 3.05) is 0 Å². The SMILES string of the molecule is Cc1cc(C=Cc2cc3c(cc2C#Cc2ncccn2)C(C)(C)CCC3(C)C)ccc1C(=O)O. The molecular weight excluding hydrogens is 420 g/mol. The van der Waals surface area contributed by atoms with E-state index in [1.54, 1.807) is 24.5 Å². The van der Waals surface area contributed by atoms with Gasteiger partial charge in [-0.3, -0.25) is 0 Å². The fourth-order valence-electron chi connectivity index (χ4n) is 4.58. The Balaban J connectivity index is 1.83. The Morgan fingerprint density at radius 3 is 2.21 bits per heavy atom. The number of aryl methyl sites for hydroxylation is 1. The summed E-state index contributed by atoms with van der Waals surface area (Å²) >= 11 is 0. The number of hydrogen-bond acceptors (Lipinski definition) is 3. The summed E-state index contributed by atoms with van der Waals surface area (Å²) in [7, 11) is 0. The van der Waals surface area contributed by atoms with E-state index in [0.29, 0.717) is 11.4 Å². The number of benzene rings is 2. The zero-order valence-corrected chi connectivity index (χ0v) is 20.4. The van der Waals surface area contributed by atoms with Crippen LogP contribution in [0, 0.1) is 18.8 Å². The molecule has 0 unspecified atom stereocenters. The minimum atomic E-state index is -0.909. The summed E-state index contributed by atoms with van der Waals surface area (Å²) in [5.74, 6) is 6.01. The lowest BCUT2D eigenvalue weighted by Gasteiger charge is -2.42. The van der Waals surface area contributed by atoms with Crippen LogP contribution in [-0.4, -0.2) is 21.0 Å². The third-order valence-corrected chi connectivity index (χ3v) is 6.83. The molecule has 1 heterocycles. The fraction of sp³-hybridized carbons (Fsp3) is 0.300. The first kappa shape index (κ1) is 23.4. The smallest absolute Gasteiger partial charge is 0.335 e. The van der Waals surface area contributed by atoms with Crippen LogP contribution in [0.25, 0.3) is 12.2 Å². The normalized spacial score (nSPS) is 15.9. The average molecular weight is 451 g/mol. The van der Waals surface area contributed by atoms with Gasteiger partial charge in [-0.1, -0.05) is 57.9 Å². The van der Waals surface area contributed by atoms with Crippen LogP contribution in [0.15, 0.2) is 48.8 Å². The molecule has 1 N–H and O–H groups in total. The topological polar surface area (TPSA) is 63.1 Å². The molecule has 1 aliphatic rings. The highest BCUT2D eigenvalue weighted by Crippen LogP contribution is 2.46. The first-order chi connectivity index (χ1) is 16.1. The van der Waals surface area contributed by atoms with Crippen LogP contribution >= 0.6 is 0 Å². The second-order valence-electron chi connectivity index (χ2n) is 10.3. The van der Waals surface area contributed by atoms with E-state index in [1.807, 2.05) is 25.1 Å². The standard InChI is InChI=1S/C30H30N2O2/c1-20-17-21(8-11-24(20)28(33)34)7-9-22-18-25-26(30(4,5)14-13-29(25,2)3)19-23(22)10-12-27-31-15-6-16-32-27/h6-9,11,15-19H,13-14H2,1-5H3,(H,33,34). The van der Waals surface area contributed by atoms with E-state index in [9.17, 15) is 9.90 Å². The van der Waals surface area contributed by atoms with Crippen LogP contribution in [0.2, 0.25) is 0 Å². The van der Waals surface area contributed by atoms with E-state index in [1.165, 1.54) is 11.1 Å². The Hall–Kier alpha value is -3.71. The number of carboxylic acid groups (broad SMARTS) is 1. The summed E-state index contributed by atoms with van der Waals surface area (Å²) in [6.07, 6.45) is 9.74. The number of nitrogens with zero attached hydrogens (tertiary/aromatic N) is 2. The predicted octanol–water partition coefficient (Wildman–Crippen LogP) is 6.40. The van der Waals surface area contributed by atoms with Crippen LogP contribution < -0.4 is 0 Å². The van der Waals surface area contributed by atoms with Crippen molar-refractivity contribution in [1.82, 2.24) is 9.97 Å². The molecule has 0 bridgehead atoms. The van der Waals surface area contributed by atoms with Gasteiger partial charge in [0.1, 0.15) is 0 Å². The largest absolute Gasteiger partial charge is 0.478 e. The summed E-state index contributed by atoms with van der Waals surface area (Å²) in [4.78, 5) is 19.8. The van der Waals surface area contributed by atoms with Crippen LogP contribution in [-0.2, 0) is 10.8 Å². The van der Waals surface area contributed by atoms with Gasteiger partial charge in [-0.15, -0.1) is 0 Å². The van der Waals surface area contributed by atoms with Gasteiger partial charge in [0.25, 0.3) is 0 Å². The first-order valence-corrected chi connectivity index (χ1v) is 11.6.